The molecule has 5 heteroatoms. The van der Waals surface area contributed by atoms with E-state index in [4.69, 9.17) is 4.74 Å². The van der Waals surface area contributed by atoms with Crippen molar-refractivity contribution in [2.24, 2.45) is 4.99 Å². The van der Waals surface area contributed by atoms with Gasteiger partial charge in [-0.15, -0.1) is 0 Å². The third-order valence-electron chi connectivity index (χ3n) is 2.23. The summed E-state index contributed by atoms with van der Waals surface area (Å²) in [4.78, 5) is 26.1. The highest BCUT2D eigenvalue weighted by atomic mass is 32.2. The summed E-state index contributed by atoms with van der Waals surface area (Å²) in [5, 5.41) is 0. The lowest BCUT2D eigenvalue weighted by molar-refractivity contribution is -0.146. The first-order valence-electron chi connectivity index (χ1n) is 5.62. The number of thioether (sulfide) groups is 1. The van der Waals surface area contributed by atoms with E-state index >= 15 is 0 Å². The molecule has 0 aliphatic carbocycles. The number of carbonyl (C=O) groups is 1. The molecule has 0 aromatic heterocycles. The Morgan fingerprint density at radius 2 is 2.00 bits per heavy atom. The maximum absolute atomic E-state index is 11.8. The van der Waals surface area contributed by atoms with Crippen LogP contribution in [-0.2, 0) is 14.3 Å². The predicted molar refractivity (Wildman–Crippen MR) is 70.0 cm³/mol. The molecule has 17 heavy (non-hydrogen) atoms. The number of rotatable bonds is 6. The largest absolute Gasteiger partial charge is 0.467 e. The maximum atomic E-state index is 11.8. The van der Waals surface area contributed by atoms with Gasteiger partial charge in [0.15, 0.2) is 5.54 Å². The number of isocyanates is 1. The Balaban J connectivity index is 5.03. The maximum Gasteiger partial charge on any atom is 0.335 e. The molecule has 0 amide bonds. The highest BCUT2D eigenvalue weighted by Crippen LogP contribution is 2.32. The van der Waals surface area contributed by atoms with Crippen LogP contribution >= 0.6 is 11.8 Å². The molecule has 0 fully saturated rings. The molecular formula is C12H21NO3S. The second-order valence-electron chi connectivity index (χ2n) is 4.88. The fourth-order valence-electron chi connectivity index (χ4n) is 1.39. The Morgan fingerprint density at radius 3 is 2.35 bits per heavy atom. The number of carbonyl (C=O) groups excluding carboxylic acids is 2. The van der Waals surface area contributed by atoms with Gasteiger partial charge in [-0.25, -0.2) is 9.59 Å². The summed E-state index contributed by atoms with van der Waals surface area (Å²) in [6.07, 6.45) is 2.76. The molecule has 0 radical (unpaired) electrons. The van der Waals surface area contributed by atoms with E-state index in [0.29, 0.717) is 12.2 Å². The van der Waals surface area contributed by atoms with Crippen molar-refractivity contribution in [3.8, 4) is 0 Å². The molecule has 0 N–H and O–H groups in total. The van der Waals surface area contributed by atoms with Crippen molar-refractivity contribution in [2.75, 3.05) is 12.9 Å². The van der Waals surface area contributed by atoms with Crippen LogP contribution in [0.1, 0.15) is 40.5 Å². The van der Waals surface area contributed by atoms with Crippen molar-refractivity contribution in [3.63, 3.8) is 0 Å². The van der Waals surface area contributed by atoms with Gasteiger partial charge in [0.05, 0.1) is 7.11 Å². The summed E-state index contributed by atoms with van der Waals surface area (Å²) < 4.78 is 4.77. The molecule has 4 nitrogen and oxygen atoms in total. The van der Waals surface area contributed by atoms with Crippen molar-refractivity contribution >= 4 is 23.8 Å². The SMILES string of the molecule is CCC[C@](CSC(C)(C)C)(N=C=O)C(=O)OC. The zero-order valence-electron chi connectivity index (χ0n) is 11.2. The lowest BCUT2D eigenvalue weighted by atomic mass is 9.97. The number of nitrogens with zero attached hydrogens (tertiary/aromatic N) is 1. The highest BCUT2D eigenvalue weighted by molar-refractivity contribution is 8.00. The number of ether oxygens (including phenoxy) is 1. The summed E-state index contributed by atoms with van der Waals surface area (Å²) in [7, 11) is 1.31. The van der Waals surface area contributed by atoms with Crippen molar-refractivity contribution in [2.45, 2.75) is 50.8 Å². The summed E-state index contributed by atoms with van der Waals surface area (Å²) in [5.41, 5.74) is -1.08. The fourth-order valence-corrected chi connectivity index (χ4v) is 2.39. The standard InChI is InChI=1S/C12H21NO3S/c1-6-7-12(13-9-14,10(15)16-5)8-17-11(2,3)4/h6-8H2,1-5H3/t12-/m1/s1. The first kappa shape index (κ1) is 16.2. The summed E-state index contributed by atoms with van der Waals surface area (Å²) in [6, 6.07) is 0. The van der Waals surface area contributed by atoms with Crippen LogP contribution in [0.5, 0.6) is 0 Å². The second-order valence-corrected chi connectivity index (χ2v) is 6.68. The minimum absolute atomic E-state index is 0.00537. The van der Waals surface area contributed by atoms with Gasteiger partial charge in [-0.2, -0.15) is 16.8 Å². The van der Waals surface area contributed by atoms with Gasteiger partial charge in [0, 0.05) is 10.5 Å². The monoisotopic (exact) mass is 259 g/mol. The van der Waals surface area contributed by atoms with E-state index < -0.39 is 11.5 Å². The molecule has 0 spiro atoms. The van der Waals surface area contributed by atoms with Gasteiger partial charge in [0.25, 0.3) is 0 Å². The van der Waals surface area contributed by atoms with Gasteiger partial charge in [-0.05, 0) is 6.42 Å². The number of hydrogen-bond acceptors (Lipinski definition) is 5. The van der Waals surface area contributed by atoms with Gasteiger partial charge in [0.2, 0.25) is 6.08 Å². The van der Waals surface area contributed by atoms with Gasteiger partial charge >= 0.3 is 5.97 Å². The zero-order valence-corrected chi connectivity index (χ0v) is 12.0. The first-order valence-corrected chi connectivity index (χ1v) is 6.61. The summed E-state index contributed by atoms with van der Waals surface area (Å²) in [6.45, 7) is 8.10. The average Bonchev–Trinajstić information content (AvgIpc) is 2.24. The topological polar surface area (TPSA) is 55.7 Å². The number of aliphatic imine (C=N–C) groups is 1. The predicted octanol–water partition coefficient (Wildman–Crippen LogP) is 2.57. The van der Waals surface area contributed by atoms with Crippen LogP contribution < -0.4 is 0 Å². The molecule has 0 bridgehead atoms. The Labute approximate surface area is 107 Å². The average molecular weight is 259 g/mol. The van der Waals surface area contributed by atoms with E-state index in [9.17, 15) is 9.59 Å². The van der Waals surface area contributed by atoms with Crippen LogP contribution in [-0.4, -0.2) is 35.2 Å². The molecule has 0 aromatic carbocycles. The highest BCUT2D eigenvalue weighted by Gasteiger charge is 2.40. The Kier molecular flexibility index (Phi) is 6.50. The van der Waals surface area contributed by atoms with Crippen LogP contribution in [0.2, 0.25) is 0 Å². The molecule has 0 aromatic rings. The summed E-state index contributed by atoms with van der Waals surface area (Å²) >= 11 is 1.59. The molecule has 0 aliphatic rings. The number of methoxy groups -OCH3 is 1. The lowest BCUT2D eigenvalue weighted by Gasteiger charge is -2.28. The molecule has 0 unspecified atom stereocenters. The zero-order chi connectivity index (χ0) is 13.5. The lowest BCUT2D eigenvalue weighted by Crippen LogP contribution is -2.41. The number of esters is 1. The second kappa shape index (κ2) is 6.82. The van der Waals surface area contributed by atoms with E-state index in [0.717, 1.165) is 6.42 Å². The fraction of sp³-hybridized carbons (Fsp3) is 0.833. The van der Waals surface area contributed by atoms with E-state index in [2.05, 4.69) is 25.8 Å². The molecule has 0 saturated heterocycles. The van der Waals surface area contributed by atoms with E-state index in [1.807, 2.05) is 6.92 Å². The minimum atomic E-state index is -1.08. The van der Waals surface area contributed by atoms with Crippen LogP contribution in [0.3, 0.4) is 0 Å². The van der Waals surface area contributed by atoms with Crippen LogP contribution in [0.15, 0.2) is 4.99 Å². The van der Waals surface area contributed by atoms with Gasteiger partial charge in [-0.3, -0.25) is 0 Å². The molecule has 0 aliphatic heterocycles. The normalized spacial score (nSPS) is 14.6. The van der Waals surface area contributed by atoms with Crippen LogP contribution in [0.4, 0.5) is 0 Å². The van der Waals surface area contributed by atoms with Crippen molar-refractivity contribution < 1.29 is 14.3 Å². The van der Waals surface area contributed by atoms with Crippen LogP contribution in [0, 0.1) is 0 Å². The van der Waals surface area contributed by atoms with Crippen LogP contribution in [0.25, 0.3) is 0 Å². The van der Waals surface area contributed by atoms with Gasteiger partial charge in [0.1, 0.15) is 0 Å². The quantitative estimate of drug-likeness (QED) is 0.418. The van der Waals surface area contributed by atoms with E-state index in [1.54, 1.807) is 11.8 Å². The van der Waals surface area contributed by atoms with Crippen molar-refractivity contribution in [1.82, 2.24) is 0 Å². The Morgan fingerprint density at radius 1 is 1.41 bits per heavy atom. The first-order chi connectivity index (χ1) is 7.81. The van der Waals surface area contributed by atoms with E-state index in [-0.39, 0.29) is 4.75 Å². The van der Waals surface area contributed by atoms with Crippen molar-refractivity contribution in [3.05, 3.63) is 0 Å². The van der Waals surface area contributed by atoms with Crippen molar-refractivity contribution in [1.29, 1.82) is 0 Å². The third-order valence-corrected chi connectivity index (χ3v) is 3.72. The molecule has 0 rings (SSSR count). The molecular weight excluding hydrogens is 238 g/mol. The molecule has 0 saturated carbocycles. The molecule has 98 valence electrons. The smallest absolute Gasteiger partial charge is 0.335 e. The molecule has 1 atom stereocenters. The summed E-state index contributed by atoms with van der Waals surface area (Å²) in [5.74, 6) is -0.0221. The molecule has 0 heterocycles. The Hall–Kier alpha value is -0.800. The van der Waals surface area contributed by atoms with Gasteiger partial charge in [-0.1, -0.05) is 34.1 Å². The number of hydrogen-bond donors (Lipinski definition) is 0. The third kappa shape index (κ3) is 5.37. The van der Waals surface area contributed by atoms with E-state index in [1.165, 1.54) is 13.2 Å². The minimum Gasteiger partial charge on any atom is -0.467 e. The van der Waals surface area contributed by atoms with Gasteiger partial charge < -0.3 is 4.74 Å². The Bertz CT molecular complexity index is 305.